The second kappa shape index (κ2) is 8.96. The first kappa shape index (κ1) is 19.3. The lowest BCUT2D eigenvalue weighted by Crippen LogP contribution is -2.37. The van der Waals surface area contributed by atoms with Crippen molar-refractivity contribution in [1.29, 1.82) is 0 Å². The van der Waals surface area contributed by atoms with Crippen LogP contribution in [0.25, 0.3) is 0 Å². The third-order valence-corrected chi connectivity index (χ3v) is 4.68. The van der Waals surface area contributed by atoms with Crippen molar-refractivity contribution in [3.63, 3.8) is 0 Å². The molecule has 0 spiro atoms. The second-order valence-corrected chi connectivity index (χ2v) is 6.96. The molecule has 0 fully saturated rings. The molecule has 3 aromatic carbocycles. The molecule has 0 aromatic heterocycles. The third kappa shape index (κ3) is 4.45. The molecule has 2 atom stereocenters. The molecule has 140 valence electrons. The average Bonchev–Trinajstić information content (AvgIpc) is 2.70. The van der Waals surface area contributed by atoms with Crippen LogP contribution in [-0.2, 0) is 10.3 Å². The monoisotopic (exact) mass is 361 g/mol. The van der Waals surface area contributed by atoms with E-state index < -0.39 is 11.7 Å². The van der Waals surface area contributed by atoms with Crippen LogP contribution in [0.5, 0.6) is 0 Å². The normalized spacial score (nSPS) is 13.9. The Balaban J connectivity index is 2.11. The smallest absolute Gasteiger partial charge is 0.143 e. The van der Waals surface area contributed by atoms with E-state index in [9.17, 15) is 5.11 Å². The molecular formula is C24H27NO2. The van der Waals surface area contributed by atoms with Crippen molar-refractivity contribution in [2.45, 2.75) is 31.1 Å². The molecule has 0 unspecified atom stereocenters. The Bertz CT molecular complexity index is 707. The first-order chi connectivity index (χ1) is 13.1. The minimum absolute atomic E-state index is 0.0804. The minimum Gasteiger partial charge on any atom is -0.391 e. The Morgan fingerprint density at radius 1 is 0.778 bits per heavy atom. The van der Waals surface area contributed by atoms with Crippen LogP contribution in [0.2, 0.25) is 0 Å². The zero-order chi connectivity index (χ0) is 19.1. The topological polar surface area (TPSA) is 55.5 Å². The predicted molar refractivity (Wildman–Crippen MR) is 109 cm³/mol. The zero-order valence-corrected chi connectivity index (χ0v) is 15.7. The molecule has 27 heavy (non-hydrogen) atoms. The molecule has 0 saturated heterocycles. The Morgan fingerprint density at radius 2 is 1.15 bits per heavy atom. The number of rotatable bonds is 8. The van der Waals surface area contributed by atoms with Gasteiger partial charge in [-0.15, -0.1) is 0 Å². The Labute approximate surface area is 161 Å². The van der Waals surface area contributed by atoms with E-state index in [0.717, 1.165) is 16.7 Å². The van der Waals surface area contributed by atoms with Crippen LogP contribution in [0.4, 0.5) is 0 Å². The summed E-state index contributed by atoms with van der Waals surface area (Å²) in [5.41, 5.74) is 8.12. The van der Waals surface area contributed by atoms with E-state index in [0.29, 0.717) is 6.42 Å². The number of hydrogen-bond donors (Lipinski definition) is 2. The van der Waals surface area contributed by atoms with Crippen LogP contribution >= 0.6 is 0 Å². The molecule has 0 aliphatic carbocycles. The molecule has 0 bridgehead atoms. The number of benzene rings is 3. The van der Waals surface area contributed by atoms with E-state index in [4.69, 9.17) is 10.5 Å². The highest BCUT2D eigenvalue weighted by Crippen LogP contribution is 2.40. The van der Waals surface area contributed by atoms with Gasteiger partial charge in [0.1, 0.15) is 5.60 Å². The highest BCUT2D eigenvalue weighted by molar-refractivity contribution is 5.47. The molecule has 0 aliphatic rings. The fourth-order valence-corrected chi connectivity index (χ4v) is 3.49. The van der Waals surface area contributed by atoms with Gasteiger partial charge in [0.2, 0.25) is 0 Å². The summed E-state index contributed by atoms with van der Waals surface area (Å²) < 4.78 is 6.55. The van der Waals surface area contributed by atoms with Crippen molar-refractivity contribution < 1.29 is 9.84 Å². The van der Waals surface area contributed by atoms with Crippen molar-refractivity contribution in [3.05, 3.63) is 108 Å². The predicted octanol–water partition coefficient (Wildman–Crippen LogP) is 4.09. The summed E-state index contributed by atoms with van der Waals surface area (Å²) in [5.74, 6) is 0. The summed E-state index contributed by atoms with van der Waals surface area (Å²) in [6.45, 7) is 2.09. The highest BCUT2D eigenvalue weighted by atomic mass is 16.5. The fourth-order valence-electron chi connectivity index (χ4n) is 3.49. The molecule has 0 saturated carbocycles. The van der Waals surface area contributed by atoms with Crippen LogP contribution in [0.15, 0.2) is 91.0 Å². The van der Waals surface area contributed by atoms with Gasteiger partial charge in [-0.05, 0) is 30.0 Å². The zero-order valence-electron chi connectivity index (χ0n) is 15.7. The van der Waals surface area contributed by atoms with E-state index in [-0.39, 0.29) is 12.6 Å². The fraction of sp³-hybridized carbons (Fsp3) is 0.250. The van der Waals surface area contributed by atoms with Gasteiger partial charge in [-0.2, -0.15) is 0 Å². The van der Waals surface area contributed by atoms with Crippen molar-refractivity contribution in [2.75, 3.05) is 6.61 Å². The summed E-state index contributed by atoms with van der Waals surface area (Å²) in [4.78, 5) is 0. The molecule has 3 aromatic rings. The number of aliphatic hydroxyl groups excluding tert-OH is 1. The molecule has 0 heterocycles. The van der Waals surface area contributed by atoms with E-state index in [1.54, 1.807) is 0 Å². The van der Waals surface area contributed by atoms with Crippen LogP contribution in [0, 0.1) is 0 Å². The number of nitrogens with two attached hydrogens (primary N) is 1. The Hall–Kier alpha value is -2.46. The van der Waals surface area contributed by atoms with Crippen molar-refractivity contribution >= 4 is 0 Å². The summed E-state index contributed by atoms with van der Waals surface area (Å²) in [7, 11) is 0. The van der Waals surface area contributed by atoms with Crippen LogP contribution in [0.1, 0.15) is 30.0 Å². The lowest BCUT2D eigenvalue weighted by atomic mass is 9.80. The van der Waals surface area contributed by atoms with Gasteiger partial charge in [0.05, 0.1) is 12.7 Å². The minimum atomic E-state index is -0.803. The molecule has 3 rings (SSSR count). The van der Waals surface area contributed by atoms with E-state index in [2.05, 4.69) is 36.4 Å². The quantitative estimate of drug-likeness (QED) is 0.594. The first-order valence-electron chi connectivity index (χ1n) is 9.37. The summed E-state index contributed by atoms with van der Waals surface area (Å²) >= 11 is 0. The van der Waals surface area contributed by atoms with Crippen molar-refractivity contribution in [2.24, 2.45) is 5.73 Å². The highest BCUT2D eigenvalue weighted by Gasteiger charge is 2.37. The van der Waals surface area contributed by atoms with Gasteiger partial charge in [-0.25, -0.2) is 0 Å². The molecule has 3 nitrogen and oxygen atoms in total. The Morgan fingerprint density at radius 3 is 1.48 bits per heavy atom. The summed E-state index contributed by atoms with van der Waals surface area (Å²) in [5, 5.41) is 10.4. The molecule has 0 aliphatic heterocycles. The Kier molecular flexibility index (Phi) is 6.40. The van der Waals surface area contributed by atoms with Crippen molar-refractivity contribution in [3.8, 4) is 0 Å². The SMILES string of the molecule is C[C@H](N)C[C@@H](O)COC(c1ccccc1)(c1ccccc1)c1ccccc1. The van der Waals surface area contributed by atoms with Gasteiger partial charge in [-0.1, -0.05) is 91.0 Å². The molecular weight excluding hydrogens is 334 g/mol. The van der Waals surface area contributed by atoms with Crippen LogP contribution in [-0.4, -0.2) is 23.9 Å². The van der Waals surface area contributed by atoms with E-state index in [1.807, 2.05) is 61.5 Å². The molecule has 3 N–H and O–H groups in total. The summed E-state index contributed by atoms with van der Waals surface area (Å²) in [6, 6.07) is 30.4. The largest absolute Gasteiger partial charge is 0.391 e. The van der Waals surface area contributed by atoms with Gasteiger partial charge in [0.25, 0.3) is 0 Å². The number of ether oxygens (including phenoxy) is 1. The van der Waals surface area contributed by atoms with E-state index >= 15 is 0 Å². The number of hydrogen-bond acceptors (Lipinski definition) is 3. The van der Waals surface area contributed by atoms with Crippen molar-refractivity contribution in [1.82, 2.24) is 0 Å². The van der Waals surface area contributed by atoms with Crippen LogP contribution < -0.4 is 5.73 Å². The molecule has 0 radical (unpaired) electrons. The first-order valence-corrected chi connectivity index (χ1v) is 9.37. The molecule has 3 heteroatoms. The lowest BCUT2D eigenvalue weighted by Gasteiger charge is -2.36. The van der Waals surface area contributed by atoms with Gasteiger partial charge in [0, 0.05) is 6.04 Å². The number of aliphatic hydroxyl groups is 1. The van der Waals surface area contributed by atoms with Gasteiger partial charge in [0.15, 0.2) is 0 Å². The standard InChI is InChI=1S/C24H27NO2/c1-19(25)17-23(26)18-27-24(20-11-5-2-6-12-20,21-13-7-3-8-14-21)22-15-9-4-10-16-22/h2-16,19,23,26H,17-18,25H2,1H3/t19-,23+/m0/s1. The maximum absolute atomic E-state index is 10.4. The van der Waals surface area contributed by atoms with Gasteiger partial charge < -0.3 is 15.6 Å². The van der Waals surface area contributed by atoms with Crippen LogP contribution in [0.3, 0.4) is 0 Å². The lowest BCUT2D eigenvalue weighted by molar-refractivity contribution is -0.0412. The maximum atomic E-state index is 10.4. The average molecular weight is 361 g/mol. The second-order valence-electron chi connectivity index (χ2n) is 6.96. The maximum Gasteiger partial charge on any atom is 0.143 e. The summed E-state index contributed by atoms with van der Waals surface area (Å²) in [6.07, 6.45) is -0.130. The van der Waals surface area contributed by atoms with Gasteiger partial charge >= 0.3 is 0 Å². The van der Waals surface area contributed by atoms with E-state index in [1.165, 1.54) is 0 Å². The third-order valence-electron chi connectivity index (χ3n) is 4.68. The van der Waals surface area contributed by atoms with Gasteiger partial charge in [-0.3, -0.25) is 0 Å². The molecule has 0 amide bonds.